The van der Waals surface area contributed by atoms with E-state index in [1.807, 2.05) is 57.1 Å². The van der Waals surface area contributed by atoms with Gasteiger partial charge in [-0.3, -0.25) is 4.79 Å². The number of anilines is 1. The van der Waals surface area contributed by atoms with Crippen LogP contribution in [0.5, 0.6) is 0 Å². The van der Waals surface area contributed by atoms with Crippen molar-refractivity contribution in [3.8, 4) is 0 Å². The fourth-order valence-electron chi connectivity index (χ4n) is 3.38. The van der Waals surface area contributed by atoms with Crippen LogP contribution < -0.4 is 10.2 Å². The molecule has 0 unspecified atom stereocenters. The molecule has 0 aliphatic rings. The van der Waals surface area contributed by atoms with Gasteiger partial charge in [0.25, 0.3) is 0 Å². The lowest BCUT2D eigenvalue weighted by Gasteiger charge is -2.11. The van der Waals surface area contributed by atoms with Crippen LogP contribution in [0.1, 0.15) is 22.4 Å². The lowest BCUT2D eigenvalue weighted by molar-refractivity contribution is -0.116. The number of hydrogen-bond acceptors (Lipinski definition) is 2. The summed E-state index contributed by atoms with van der Waals surface area (Å²) in [4.78, 5) is 17.3. The summed E-state index contributed by atoms with van der Waals surface area (Å²) >= 11 is 0. The first-order valence-corrected chi connectivity index (χ1v) is 9.36. The van der Waals surface area contributed by atoms with Crippen molar-refractivity contribution in [2.45, 2.75) is 20.3 Å². The van der Waals surface area contributed by atoms with E-state index in [4.69, 9.17) is 0 Å². The molecule has 0 bridgehead atoms. The van der Waals surface area contributed by atoms with E-state index < -0.39 is 0 Å². The van der Waals surface area contributed by atoms with Crippen molar-refractivity contribution in [2.75, 3.05) is 25.5 Å². The first-order valence-electron chi connectivity index (χ1n) is 9.36. The standard InChI is InChI=1S/C23H26FN3O/c1-15-5-11-20(24)23-22(15)19(16(2)26-23)13-14-25-21(28)12-8-17-6-9-18(10-7-17)27(3)4/h5-12,26H,13-14H2,1-4H3,(H,25,28). The van der Waals surface area contributed by atoms with Crippen LogP contribution in [0.4, 0.5) is 10.1 Å². The van der Waals surface area contributed by atoms with Crippen molar-refractivity contribution in [3.05, 3.63) is 70.7 Å². The summed E-state index contributed by atoms with van der Waals surface area (Å²) in [5.41, 5.74) is 5.65. The molecule has 0 aliphatic heterocycles. The van der Waals surface area contributed by atoms with Gasteiger partial charge in [0.15, 0.2) is 0 Å². The SMILES string of the molecule is Cc1[nH]c2c(F)ccc(C)c2c1CCNC(=O)C=Cc1ccc(N(C)C)cc1. The van der Waals surface area contributed by atoms with E-state index in [-0.39, 0.29) is 11.7 Å². The number of amides is 1. The van der Waals surface area contributed by atoms with Gasteiger partial charge < -0.3 is 15.2 Å². The highest BCUT2D eigenvalue weighted by atomic mass is 19.1. The van der Waals surface area contributed by atoms with Crippen molar-refractivity contribution >= 4 is 28.6 Å². The maximum Gasteiger partial charge on any atom is 0.244 e. The summed E-state index contributed by atoms with van der Waals surface area (Å²) in [6.45, 7) is 4.40. The van der Waals surface area contributed by atoms with Crippen LogP contribution in [0.3, 0.4) is 0 Å². The molecule has 0 atom stereocenters. The molecule has 146 valence electrons. The molecule has 0 fully saturated rings. The lowest BCUT2D eigenvalue weighted by atomic mass is 10.0. The highest BCUT2D eigenvalue weighted by Crippen LogP contribution is 2.27. The Morgan fingerprint density at radius 2 is 1.86 bits per heavy atom. The van der Waals surface area contributed by atoms with Gasteiger partial charge in [0, 0.05) is 43.5 Å². The fourth-order valence-corrected chi connectivity index (χ4v) is 3.38. The number of benzene rings is 2. The molecule has 1 aromatic heterocycles. The first-order chi connectivity index (χ1) is 13.4. The molecule has 0 saturated carbocycles. The van der Waals surface area contributed by atoms with Crippen molar-refractivity contribution in [1.29, 1.82) is 0 Å². The monoisotopic (exact) mass is 379 g/mol. The number of aromatic nitrogens is 1. The summed E-state index contributed by atoms with van der Waals surface area (Å²) in [6.07, 6.45) is 3.98. The second kappa shape index (κ2) is 8.30. The number of aromatic amines is 1. The number of hydrogen-bond donors (Lipinski definition) is 2. The van der Waals surface area contributed by atoms with Gasteiger partial charge in [-0.2, -0.15) is 0 Å². The van der Waals surface area contributed by atoms with Gasteiger partial charge in [-0.15, -0.1) is 0 Å². The molecule has 4 nitrogen and oxygen atoms in total. The molecular weight excluding hydrogens is 353 g/mol. The molecule has 2 N–H and O–H groups in total. The molecule has 1 heterocycles. The van der Waals surface area contributed by atoms with Gasteiger partial charge >= 0.3 is 0 Å². The van der Waals surface area contributed by atoms with Gasteiger partial charge in [0.2, 0.25) is 5.91 Å². The Balaban J connectivity index is 1.61. The Morgan fingerprint density at radius 3 is 2.54 bits per heavy atom. The number of fused-ring (bicyclic) bond motifs is 1. The van der Waals surface area contributed by atoms with E-state index >= 15 is 0 Å². The lowest BCUT2D eigenvalue weighted by Crippen LogP contribution is -2.23. The summed E-state index contributed by atoms with van der Waals surface area (Å²) in [5.74, 6) is -0.390. The Labute approximate surface area is 165 Å². The van der Waals surface area contributed by atoms with E-state index in [1.54, 1.807) is 12.1 Å². The van der Waals surface area contributed by atoms with Crippen LogP contribution in [0.2, 0.25) is 0 Å². The van der Waals surface area contributed by atoms with E-state index in [1.165, 1.54) is 12.1 Å². The van der Waals surface area contributed by atoms with Crippen LogP contribution in [-0.4, -0.2) is 31.5 Å². The molecule has 28 heavy (non-hydrogen) atoms. The minimum Gasteiger partial charge on any atom is -0.378 e. The fraction of sp³-hybridized carbons (Fsp3) is 0.261. The second-order valence-corrected chi connectivity index (χ2v) is 7.20. The van der Waals surface area contributed by atoms with Gasteiger partial charge in [0.05, 0.1) is 5.52 Å². The van der Waals surface area contributed by atoms with Crippen molar-refractivity contribution in [1.82, 2.24) is 10.3 Å². The number of aryl methyl sites for hydroxylation is 2. The molecule has 0 spiro atoms. The number of nitrogens with zero attached hydrogens (tertiary/aromatic N) is 1. The second-order valence-electron chi connectivity index (χ2n) is 7.20. The molecule has 0 radical (unpaired) electrons. The molecular formula is C23H26FN3O. The van der Waals surface area contributed by atoms with Gasteiger partial charge in [-0.05, 0) is 61.2 Å². The Morgan fingerprint density at radius 1 is 1.14 bits per heavy atom. The minimum absolute atomic E-state index is 0.142. The summed E-state index contributed by atoms with van der Waals surface area (Å²) in [5, 5.41) is 3.82. The largest absolute Gasteiger partial charge is 0.378 e. The van der Waals surface area contributed by atoms with Crippen molar-refractivity contribution in [2.24, 2.45) is 0 Å². The van der Waals surface area contributed by atoms with E-state index in [2.05, 4.69) is 10.3 Å². The van der Waals surface area contributed by atoms with E-state index in [0.29, 0.717) is 18.5 Å². The highest BCUT2D eigenvalue weighted by molar-refractivity contribution is 5.92. The first kappa shape index (κ1) is 19.7. The van der Waals surface area contributed by atoms with Crippen LogP contribution in [0.25, 0.3) is 17.0 Å². The van der Waals surface area contributed by atoms with Crippen LogP contribution in [-0.2, 0) is 11.2 Å². The Bertz CT molecular complexity index is 1020. The highest BCUT2D eigenvalue weighted by Gasteiger charge is 2.13. The van der Waals surface area contributed by atoms with Crippen LogP contribution in [0.15, 0.2) is 42.5 Å². The molecule has 0 aliphatic carbocycles. The topological polar surface area (TPSA) is 48.1 Å². The third kappa shape index (κ3) is 4.25. The average Bonchev–Trinajstić information content (AvgIpc) is 3.01. The zero-order valence-corrected chi connectivity index (χ0v) is 16.8. The average molecular weight is 379 g/mol. The Kier molecular flexibility index (Phi) is 5.83. The predicted molar refractivity (Wildman–Crippen MR) is 114 cm³/mol. The number of carbonyl (C=O) groups excluding carboxylic acids is 1. The Hall–Kier alpha value is -3.08. The zero-order chi connectivity index (χ0) is 20.3. The molecule has 1 amide bonds. The quantitative estimate of drug-likeness (QED) is 0.625. The minimum atomic E-state index is -0.248. The van der Waals surface area contributed by atoms with Crippen LogP contribution in [0, 0.1) is 19.7 Å². The van der Waals surface area contributed by atoms with Crippen LogP contribution >= 0.6 is 0 Å². The normalized spacial score (nSPS) is 11.3. The zero-order valence-electron chi connectivity index (χ0n) is 16.8. The number of carbonyl (C=O) groups is 1. The van der Waals surface area contributed by atoms with Gasteiger partial charge in [0.1, 0.15) is 5.82 Å². The third-order valence-electron chi connectivity index (χ3n) is 4.94. The van der Waals surface area contributed by atoms with E-state index in [0.717, 1.165) is 33.5 Å². The van der Waals surface area contributed by atoms with Crippen molar-refractivity contribution < 1.29 is 9.18 Å². The number of halogens is 1. The van der Waals surface area contributed by atoms with Gasteiger partial charge in [-0.25, -0.2) is 4.39 Å². The summed E-state index contributed by atoms with van der Waals surface area (Å²) in [6, 6.07) is 11.3. The molecule has 5 heteroatoms. The summed E-state index contributed by atoms with van der Waals surface area (Å²) < 4.78 is 14.0. The number of H-pyrrole nitrogens is 1. The molecule has 2 aromatic carbocycles. The van der Waals surface area contributed by atoms with Gasteiger partial charge in [-0.1, -0.05) is 18.2 Å². The molecule has 3 rings (SSSR count). The third-order valence-corrected chi connectivity index (χ3v) is 4.94. The smallest absolute Gasteiger partial charge is 0.244 e. The maximum absolute atomic E-state index is 14.0. The van der Waals surface area contributed by atoms with E-state index in [9.17, 15) is 9.18 Å². The summed E-state index contributed by atoms with van der Waals surface area (Å²) in [7, 11) is 3.98. The maximum atomic E-state index is 14.0. The number of nitrogens with one attached hydrogen (secondary N) is 2. The number of rotatable bonds is 6. The molecule has 3 aromatic rings. The molecule has 0 saturated heterocycles. The van der Waals surface area contributed by atoms with Crippen molar-refractivity contribution in [3.63, 3.8) is 0 Å². The predicted octanol–water partition coefficient (Wildman–Crippen LogP) is 4.36.